The summed E-state index contributed by atoms with van der Waals surface area (Å²) in [5, 5.41) is 9.79. The lowest BCUT2D eigenvalue weighted by Gasteiger charge is -2.04. The highest BCUT2D eigenvalue weighted by atomic mass is 32.1. The largest absolute Gasteiger partial charge is 0.335 e. The summed E-state index contributed by atoms with van der Waals surface area (Å²) in [7, 11) is 0. The van der Waals surface area contributed by atoms with Crippen molar-refractivity contribution in [2.45, 2.75) is 54.4 Å². The fourth-order valence-corrected chi connectivity index (χ4v) is 3.55. The maximum atomic E-state index is 9.79. The van der Waals surface area contributed by atoms with Crippen molar-refractivity contribution < 1.29 is 26.8 Å². The highest BCUT2D eigenvalue weighted by Gasteiger charge is 2.18. The number of hydrogen-bond acceptors (Lipinski definition) is 12. The summed E-state index contributed by atoms with van der Waals surface area (Å²) in [6, 6.07) is 7.81. The number of aryl methyl sites for hydroxylation is 6. The summed E-state index contributed by atoms with van der Waals surface area (Å²) in [5.41, 5.74) is 9.15. The minimum atomic E-state index is -0.750. The second kappa shape index (κ2) is 21.6. The van der Waals surface area contributed by atoms with Crippen LogP contribution in [0.15, 0.2) is 73.8 Å². The van der Waals surface area contributed by atoms with E-state index in [2.05, 4.69) is 47.9 Å². The van der Waals surface area contributed by atoms with Crippen molar-refractivity contribution >= 4 is 23.1 Å². The molecule has 1 N–H and O–H groups in total. The van der Waals surface area contributed by atoms with Gasteiger partial charge in [-0.1, -0.05) is 19.9 Å². The highest BCUT2D eigenvalue weighted by molar-refractivity contribution is 7.51. The van der Waals surface area contributed by atoms with Gasteiger partial charge >= 0.3 is 23.1 Å². The van der Waals surface area contributed by atoms with Crippen molar-refractivity contribution in [3.05, 3.63) is 108 Å². The van der Waals surface area contributed by atoms with Gasteiger partial charge < -0.3 is 0 Å². The molecule has 5 aromatic heterocycles. The molecule has 0 spiro atoms. The lowest BCUT2D eigenvalue weighted by atomic mass is 10.1. The Labute approximate surface area is 269 Å². The summed E-state index contributed by atoms with van der Waals surface area (Å²) in [4.78, 5) is 29.4. The number of rotatable bonds is 4. The SMILES string of the molecule is CCc1ccc[n+](O)c1-c1cnc(C)cn1.CCc1cccnc1-c1cnc(C)cn1.Cc1cnc(C)cn1.O=S=O.O=S=O. The van der Waals surface area contributed by atoms with Gasteiger partial charge in [-0.05, 0) is 58.2 Å². The van der Waals surface area contributed by atoms with Crippen LogP contribution in [0.3, 0.4) is 0 Å². The van der Waals surface area contributed by atoms with E-state index in [1.807, 2.05) is 52.8 Å². The van der Waals surface area contributed by atoms with E-state index in [9.17, 15) is 5.21 Å². The minimum Gasteiger partial charge on any atom is -0.284 e. The Morgan fingerprint density at radius 1 is 0.600 bits per heavy atom. The van der Waals surface area contributed by atoms with E-state index in [-0.39, 0.29) is 0 Å². The third kappa shape index (κ3) is 13.9. The second-order valence-corrected chi connectivity index (χ2v) is 9.24. The van der Waals surface area contributed by atoms with Crippen molar-refractivity contribution in [3.8, 4) is 22.8 Å². The van der Waals surface area contributed by atoms with Crippen LogP contribution in [0.1, 0.15) is 47.8 Å². The van der Waals surface area contributed by atoms with Gasteiger partial charge in [-0.15, -0.1) is 0 Å². The van der Waals surface area contributed by atoms with E-state index in [0.29, 0.717) is 11.4 Å². The molecule has 0 aliphatic carbocycles. The summed E-state index contributed by atoms with van der Waals surface area (Å²) in [6.45, 7) is 11.8. The van der Waals surface area contributed by atoms with Crippen molar-refractivity contribution in [3.63, 3.8) is 0 Å². The molecule has 15 heteroatoms. The molecule has 0 aromatic carbocycles. The average molecular weight is 652 g/mol. The summed E-state index contributed by atoms with van der Waals surface area (Å²) < 4.78 is 34.3. The van der Waals surface area contributed by atoms with E-state index in [0.717, 1.165) is 57.3 Å². The fourth-order valence-electron chi connectivity index (χ4n) is 3.55. The summed E-state index contributed by atoms with van der Waals surface area (Å²) >= 11 is -1.50. The standard InChI is InChI=1S/C12H14N3O.C12H13N3.C6H8N2.2O2S/c1-3-10-5-4-6-15(16)12(10)11-8-13-9(2)7-14-11;1-3-10-5-4-6-13-12(10)11-8-14-9(2)7-15-11;1-5-3-8-6(2)4-7-5;2*1-3-2/h4-8,16H,3H2,1-2H3;4-8H,3H2,1-2H3;3-4H,1-2H3;;/q+1;;;;. The maximum Gasteiger partial charge on any atom is 0.335 e. The van der Waals surface area contributed by atoms with Gasteiger partial charge in [0, 0.05) is 47.3 Å². The molecule has 0 aliphatic heterocycles. The van der Waals surface area contributed by atoms with Crippen molar-refractivity contribution in [1.29, 1.82) is 0 Å². The van der Waals surface area contributed by atoms with Crippen LogP contribution in [0.4, 0.5) is 0 Å². The quantitative estimate of drug-likeness (QED) is 0.220. The molecular formula is C30H35N8O5S2+. The molecule has 0 fully saturated rings. The molecule has 45 heavy (non-hydrogen) atoms. The van der Waals surface area contributed by atoms with Crippen molar-refractivity contribution in [2.75, 3.05) is 0 Å². The Morgan fingerprint density at radius 3 is 1.44 bits per heavy atom. The Hall–Kier alpha value is -5.02. The molecule has 5 heterocycles. The van der Waals surface area contributed by atoms with E-state index in [1.165, 1.54) is 5.56 Å². The summed E-state index contributed by atoms with van der Waals surface area (Å²) in [6.07, 6.45) is 15.6. The highest BCUT2D eigenvalue weighted by Crippen LogP contribution is 2.18. The third-order valence-electron chi connectivity index (χ3n) is 5.67. The van der Waals surface area contributed by atoms with Crippen LogP contribution in [0.5, 0.6) is 0 Å². The molecule has 0 bridgehead atoms. The van der Waals surface area contributed by atoms with E-state index in [1.54, 1.807) is 49.6 Å². The van der Waals surface area contributed by atoms with Gasteiger partial charge in [0.05, 0.1) is 40.9 Å². The molecule has 13 nitrogen and oxygen atoms in total. The van der Waals surface area contributed by atoms with E-state index in [4.69, 9.17) is 16.8 Å². The third-order valence-corrected chi connectivity index (χ3v) is 5.67. The number of nitrogens with zero attached hydrogens (tertiary/aromatic N) is 8. The predicted molar refractivity (Wildman–Crippen MR) is 168 cm³/mol. The Morgan fingerprint density at radius 2 is 1.02 bits per heavy atom. The fraction of sp³-hybridized carbons (Fsp3) is 0.267. The molecule has 0 aliphatic rings. The number of aromatic nitrogens is 8. The lowest BCUT2D eigenvalue weighted by molar-refractivity contribution is -0.896. The van der Waals surface area contributed by atoms with Crippen LogP contribution in [0.2, 0.25) is 0 Å². The average Bonchev–Trinajstić information content (AvgIpc) is 3.05. The van der Waals surface area contributed by atoms with Crippen LogP contribution >= 0.6 is 0 Å². The van der Waals surface area contributed by atoms with Gasteiger partial charge in [-0.25, -0.2) is 4.98 Å². The first-order valence-electron chi connectivity index (χ1n) is 13.5. The predicted octanol–water partition coefficient (Wildman–Crippen LogP) is 3.70. The van der Waals surface area contributed by atoms with Gasteiger partial charge in [0.2, 0.25) is 6.20 Å². The first kappa shape index (κ1) is 38.0. The van der Waals surface area contributed by atoms with Gasteiger partial charge in [0.15, 0.2) is 5.69 Å². The Balaban J connectivity index is 0.000000322. The Kier molecular flexibility index (Phi) is 18.3. The first-order chi connectivity index (χ1) is 21.6. The van der Waals surface area contributed by atoms with Gasteiger partial charge in [-0.3, -0.25) is 35.1 Å². The lowest BCUT2D eigenvalue weighted by Crippen LogP contribution is -2.33. The van der Waals surface area contributed by atoms with Crippen LogP contribution in [0, 0.1) is 27.7 Å². The molecule has 0 amide bonds. The topological polar surface area (TPSA) is 183 Å². The molecule has 5 aromatic rings. The molecular weight excluding hydrogens is 617 g/mol. The molecule has 236 valence electrons. The monoisotopic (exact) mass is 651 g/mol. The first-order valence-corrected chi connectivity index (χ1v) is 14.8. The van der Waals surface area contributed by atoms with Crippen LogP contribution in [0.25, 0.3) is 22.8 Å². The maximum absolute atomic E-state index is 9.79. The summed E-state index contributed by atoms with van der Waals surface area (Å²) in [5.74, 6) is 0. The molecule has 0 unspecified atom stereocenters. The van der Waals surface area contributed by atoms with Crippen molar-refractivity contribution in [2.24, 2.45) is 0 Å². The van der Waals surface area contributed by atoms with Crippen LogP contribution in [-0.4, -0.2) is 56.9 Å². The van der Waals surface area contributed by atoms with Crippen LogP contribution < -0.4 is 4.73 Å². The molecule has 5 rings (SSSR count). The number of hydrogen-bond donors (Lipinski definition) is 1. The van der Waals surface area contributed by atoms with Gasteiger partial charge in [0.25, 0.3) is 5.69 Å². The van der Waals surface area contributed by atoms with Gasteiger partial charge in [-0.2, -0.15) is 16.8 Å². The second-order valence-electron chi connectivity index (χ2n) is 8.97. The smallest absolute Gasteiger partial charge is 0.284 e. The zero-order valence-corrected chi connectivity index (χ0v) is 27.4. The zero-order valence-electron chi connectivity index (χ0n) is 25.8. The van der Waals surface area contributed by atoms with E-state index >= 15 is 0 Å². The molecule has 0 radical (unpaired) electrons. The zero-order chi connectivity index (χ0) is 33.6. The van der Waals surface area contributed by atoms with Crippen molar-refractivity contribution in [1.82, 2.24) is 34.9 Å². The van der Waals surface area contributed by atoms with Gasteiger partial charge in [0.1, 0.15) is 5.69 Å². The minimum absolute atomic E-state index is 0.686. The molecule has 0 atom stereocenters. The molecule has 0 saturated carbocycles. The normalized spacial score (nSPS) is 9.29. The Bertz CT molecular complexity index is 1630. The molecule has 0 saturated heterocycles. The van der Waals surface area contributed by atoms with Crippen LogP contribution in [-0.2, 0) is 36.0 Å². The van der Waals surface area contributed by atoms with E-state index < -0.39 is 23.1 Å². The number of pyridine rings is 2.